The van der Waals surface area contributed by atoms with Crippen LogP contribution in [0.5, 0.6) is 17.2 Å². The molecule has 0 amide bonds. The van der Waals surface area contributed by atoms with Gasteiger partial charge in [-0.15, -0.1) is 10.2 Å². The van der Waals surface area contributed by atoms with Gasteiger partial charge < -0.3 is 18.6 Å². The lowest BCUT2D eigenvalue weighted by molar-refractivity contribution is 0.102. The highest BCUT2D eigenvalue weighted by Gasteiger charge is 2.19. The molecule has 29 heavy (non-hydrogen) atoms. The van der Waals surface area contributed by atoms with E-state index in [4.69, 9.17) is 18.6 Å². The molecule has 0 bridgehead atoms. The van der Waals surface area contributed by atoms with Crippen molar-refractivity contribution in [1.82, 2.24) is 10.2 Å². The number of ether oxygens (including phenoxy) is 3. The first kappa shape index (κ1) is 19.3. The van der Waals surface area contributed by atoms with E-state index in [2.05, 4.69) is 10.2 Å². The number of hydrogen-bond donors (Lipinski definition) is 0. The number of Topliss-reactive ketones (excluding diaryl/α,β-unsaturated/α-hetero) is 1. The van der Waals surface area contributed by atoms with Gasteiger partial charge in [-0.3, -0.25) is 4.79 Å². The maximum atomic E-state index is 13.0. The zero-order chi connectivity index (χ0) is 20.2. The number of nitrogens with zero attached hydrogens (tertiary/aromatic N) is 2. The third-order valence-corrected chi connectivity index (χ3v) is 4.91. The predicted octanol–water partition coefficient (Wildman–Crippen LogP) is 4.09. The first-order valence-corrected chi connectivity index (χ1v) is 9.88. The third-order valence-electron chi connectivity index (χ3n) is 4.09. The van der Waals surface area contributed by atoms with Gasteiger partial charge in [0.2, 0.25) is 0 Å². The average molecular weight is 416 g/mol. The van der Waals surface area contributed by atoms with Crippen LogP contribution in [0.25, 0.3) is 0 Å². The van der Waals surface area contributed by atoms with E-state index >= 15 is 0 Å². The highest BCUT2D eigenvalue weighted by atomic mass is 32.2. The Balaban J connectivity index is 1.34. The number of aromatic nitrogens is 2. The molecule has 0 saturated carbocycles. The molecule has 2 heterocycles. The van der Waals surface area contributed by atoms with Crippen LogP contribution in [0.1, 0.15) is 29.3 Å². The fraction of sp³-hybridized carbons (Fsp3) is 0.250. The van der Waals surface area contributed by atoms with Gasteiger partial charge in [-0.1, -0.05) is 11.8 Å². The van der Waals surface area contributed by atoms with Crippen LogP contribution >= 0.6 is 11.8 Å². The smallest absolute Gasteiger partial charge is 0.277 e. The van der Waals surface area contributed by atoms with Gasteiger partial charge in [0, 0.05) is 5.56 Å². The second-order valence-corrected chi connectivity index (χ2v) is 7.12. The van der Waals surface area contributed by atoms with Crippen molar-refractivity contribution in [3.63, 3.8) is 0 Å². The van der Waals surface area contributed by atoms with Crippen molar-refractivity contribution in [2.24, 2.45) is 0 Å². The van der Waals surface area contributed by atoms with Gasteiger partial charge in [-0.05, 0) is 49.4 Å². The van der Waals surface area contributed by atoms with E-state index in [0.717, 1.165) is 11.8 Å². The molecule has 1 aliphatic rings. The summed E-state index contributed by atoms with van der Waals surface area (Å²) in [6, 6.07) is 10.8. The lowest BCUT2D eigenvalue weighted by atomic mass is 10.1. The second-order valence-electron chi connectivity index (χ2n) is 6.19. The maximum absolute atomic E-state index is 13.0. The minimum atomic E-state index is -0.518. The molecule has 1 aliphatic heterocycles. The van der Waals surface area contributed by atoms with Crippen LogP contribution in [-0.2, 0) is 0 Å². The number of benzene rings is 2. The molecule has 0 radical (unpaired) electrons. The topological polar surface area (TPSA) is 83.7 Å². The van der Waals surface area contributed by atoms with E-state index in [-0.39, 0.29) is 28.5 Å². The van der Waals surface area contributed by atoms with E-state index in [0.29, 0.717) is 36.0 Å². The molecule has 3 aromatic rings. The van der Waals surface area contributed by atoms with Gasteiger partial charge in [-0.2, -0.15) is 0 Å². The number of carbonyl (C=O) groups excluding carboxylic acids is 1. The van der Waals surface area contributed by atoms with Crippen molar-refractivity contribution < 1.29 is 27.8 Å². The van der Waals surface area contributed by atoms with Gasteiger partial charge in [-0.25, -0.2) is 4.39 Å². The van der Waals surface area contributed by atoms with Crippen molar-refractivity contribution >= 4 is 17.5 Å². The van der Waals surface area contributed by atoms with Crippen LogP contribution < -0.4 is 14.2 Å². The monoisotopic (exact) mass is 416 g/mol. The Labute approximate surface area is 170 Å². The summed E-state index contributed by atoms with van der Waals surface area (Å²) in [5, 5.41) is 8.16. The van der Waals surface area contributed by atoms with E-state index < -0.39 is 6.10 Å². The fourth-order valence-electron chi connectivity index (χ4n) is 2.64. The molecular formula is C20H17FN2O5S. The number of carbonyl (C=O) groups is 1. The van der Waals surface area contributed by atoms with E-state index in [1.807, 2.05) is 0 Å². The Kier molecular flexibility index (Phi) is 5.66. The first-order valence-electron chi connectivity index (χ1n) is 8.90. The number of halogens is 1. The Morgan fingerprint density at radius 1 is 1.14 bits per heavy atom. The average Bonchev–Trinajstić information content (AvgIpc) is 3.22. The van der Waals surface area contributed by atoms with Gasteiger partial charge in [0.25, 0.3) is 11.1 Å². The highest BCUT2D eigenvalue weighted by Crippen LogP contribution is 2.31. The van der Waals surface area contributed by atoms with Crippen LogP contribution in [-0.4, -0.2) is 34.9 Å². The summed E-state index contributed by atoms with van der Waals surface area (Å²) in [5.74, 6) is 1.65. The summed E-state index contributed by atoms with van der Waals surface area (Å²) in [6.45, 7) is 2.70. The summed E-state index contributed by atoms with van der Waals surface area (Å²) in [4.78, 5) is 12.5. The zero-order valence-corrected chi connectivity index (χ0v) is 16.3. The predicted molar refractivity (Wildman–Crippen MR) is 102 cm³/mol. The lowest BCUT2D eigenvalue weighted by Crippen LogP contribution is -2.16. The number of ketones is 1. The first-order chi connectivity index (χ1) is 14.1. The molecule has 9 heteroatoms. The fourth-order valence-corrected chi connectivity index (χ4v) is 3.30. The van der Waals surface area contributed by atoms with E-state index in [9.17, 15) is 9.18 Å². The Hall–Kier alpha value is -3.07. The van der Waals surface area contributed by atoms with Crippen molar-refractivity contribution in [3.8, 4) is 17.2 Å². The molecule has 0 N–H and O–H groups in total. The Bertz CT molecular complexity index is 1010. The van der Waals surface area contributed by atoms with Crippen molar-refractivity contribution in [2.75, 3.05) is 19.0 Å². The summed E-state index contributed by atoms with van der Waals surface area (Å²) in [7, 11) is 0. The molecule has 4 rings (SSSR count). The Morgan fingerprint density at radius 3 is 2.69 bits per heavy atom. The van der Waals surface area contributed by atoms with Gasteiger partial charge in [0.15, 0.2) is 23.4 Å². The number of thioether (sulfide) groups is 1. The summed E-state index contributed by atoms with van der Waals surface area (Å²) in [5.41, 5.74) is 0.523. The number of rotatable bonds is 7. The molecule has 0 fully saturated rings. The van der Waals surface area contributed by atoms with Crippen molar-refractivity contribution in [2.45, 2.75) is 18.3 Å². The molecule has 0 unspecified atom stereocenters. The molecule has 0 aliphatic carbocycles. The third kappa shape index (κ3) is 4.68. The minimum Gasteiger partial charge on any atom is -0.486 e. The summed E-state index contributed by atoms with van der Waals surface area (Å²) < 4.78 is 35.1. The van der Waals surface area contributed by atoms with E-state index in [1.54, 1.807) is 25.1 Å². The molecule has 7 nitrogen and oxygen atoms in total. The van der Waals surface area contributed by atoms with Gasteiger partial charge >= 0.3 is 0 Å². The van der Waals surface area contributed by atoms with Crippen LogP contribution in [0.2, 0.25) is 0 Å². The summed E-state index contributed by atoms with van der Waals surface area (Å²) >= 11 is 1.14. The zero-order valence-electron chi connectivity index (χ0n) is 15.5. The minimum absolute atomic E-state index is 0.0951. The Morgan fingerprint density at radius 2 is 1.90 bits per heavy atom. The molecular weight excluding hydrogens is 399 g/mol. The van der Waals surface area contributed by atoms with Crippen LogP contribution in [0.4, 0.5) is 4.39 Å². The van der Waals surface area contributed by atoms with Crippen molar-refractivity contribution in [1.29, 1.82) is 0 Å². The SMILES string of the molecule is C[C@@H](Oc1ccc(F)cc1)c1nnc(SCC(=O)c2ccc3c(c2)OCCO3)o1. The molecule has 0 saturated heterocycles. The quantitative estimate of drug-likeness (QED) is 0.421. The number of fused-ring (bicyclic) bond motifs is 1. The van der Waals surface area contributed by atoms with E-state index in [1.165, 1.54) is 24.3 Å². The second kappa shape index (κ2) is 8.52. The lowest BCUT2D eigenvalue weighted by Gasteiger charge is -2.18. The molecule has 1 aromatic heterocycles. The largest absolute Gasteiger partial charge is 0.486 e. The molecule has 150 valence electrons. The molecule has 0 spiro atoms. The van der Waals surface area contributed by atoms with Crippen molar-refractivity contribution in [3.05, 3.63) is 59.7 Å². The molecule has 2 aromatic carbocycles. The highest BCUT2D eigenvalue weighted by molar-refractivity contribution is 7.99. The van der Waals surface area contributed by atoms with Crippen LogP contribution in [0, 0.1) is 5.82 Å². The van der Waals surface area contributed by atoms with Crippen LogP contribution in [0.3, 0.4) is 0 Å². The van der Waals surface area contributed by atoms with Crippen LogP contribution in [0.15, 0.2) is 52.1 Å². The number of hydrogen-bond acceptors (Lipinski definition) is 8. The standard InChI is InChI=1S/C20H17FN2O5S/c1-12(27-15-5-3-14(21)4-6-15)19-22-23-20(28-19)29-11-16(24)13-2-7-17-18(10-13)26-9-8-25-17/h2-7,10,12H,8-9,11H2,1H3/t12-/m1/s1. The normalized spacial score (nSPS) is 13.7. The van der Waals surface area contributed by atoms with Gasteiger partial charge in [0.05, 0.1) is 5.75 Å². The van der Waals surface area contributed by atoms with Gasteiger partial charge in [0.1, 0.15) is 24.8 Å². The molecule has 1 atom stereocenters. The summed E-state index contributed by atoms with van der Waals surface area (Å²) in [6.07, 6.45) is -0.518. The maximum Gasteiger partial charge on any atom is 0.277 e.